The molecule has 68 valence electrons. The first-order valence-corrected chi connectivity index (χ1v) is 3.94. The fourth-order valence-electron chi connectivity index (χ4n) is 1.28. The first-order valence-electron chi connectivity index (χ1n) is 3.94. The number of hydrogen-bond acceptors (Lipinski definition) is 4. The van der Waals surface area contributed by atoms with Crippen molar-refractivity contribution in [2.24, 2.45) is 5.73 Å². The van der Waals surface area contributed by atoms with E-state index in [4.69, 9.17) is 5.73 Å². The molecule has 1 atom stereocenters. The van der Waals surface area contributed by atoms with E-state index in [2.05, 4.69) is 9.79 Å². The average molecular weight is 179 g/mol. The standard InChI is InChI=1S/C8H9N3O2/c1-5(9)6-3-2-4-7-8(6)10-13-11(7)12/h2-5H,9H2,1H3. The molecule has 0 aliphatic rings. The first-order chi connectivity index (χ1) is 6.20. The number of hydrogen-bond donors (Lipinski definition) is 1. The molecule has 13 heavy (non-hydrogen) atoms. The van der Waals surface area contributed by atoms with E-state index in [1.54, 1.807) is 12.1 Å². The molecule has 0 saturated heterocycles. The molecule has 0 aliphatic carbocycles. The van der Waals surface area contributed by atoms with E-state index in [1.807, 2.05) is 13.0 Å². The fourth-order valence-corrected chi connectivity index (χ4v) is 1.28. The van der Waals surface area contributed by atoms with Gasteiger partial charge in [0.15, 0.2) is 0 Å². The number of aromatic nitrogens is 2. The van der Waals surface area contributed by atoms with Crippen LogP contribution in [-0.4, -0.2) is 5.16 Å². The molecule has 0 radical (unpaired) electrons. The van der Waals surface area contributed by atoms with E-state index in [0.717, 1.165) is 5.56 Å². The third-order valence-electron chi connectivity index (χ3n) is 1.94. The second-order valence-corrected chi connectivity index (χ2v) is 2.93. The summed E-state index contributed by atoms with van der Waals surface area (Å²) in [6, 6.07) is 5.07. The topological polar surface area (TPSA) is 79.0 Å². The number of fused-ring (bicyclic) bond motifs is 1. The zero-order chi connectivity index (χ0) is 9.42. The summed E-state index contributed by atoms with van der Waals surface area (Å²) in [6.07, 6.45) is 0. The van der Waals surface area contributed by atoms with Gasteiger partial charge >= 0.3 is 0 Å². The third-order valence-corrected chi connectivity index (χ3v) is 1.94. The second-order valence-electron chi connectivity index (χ2n) is 2.93. The van der Waals surface area contributed by atoms with E-state index in [-0.39, 0.29) is 6.04 Å². The Kier molecular flexibility index (Phi) is 1.66. The maximum absolute atomic E-state index is 11.0. The highest BCUT2D eigenvalue weighted by Crippen LogP contribution is 2.18. The second kappa shape index (κ2) is 2.70. The summed E-state index contributed by atoms with van der Waals surface area (Å²) in [5, 5.41) is 14.6. The normalized spacial score (nSPS) is 13.4. The van der Waals surface area contributed by atoms with E-state index in [9.17, 15) is 5.21 Å². The predicted molar refractivity (Wildman–Crippen MR) is 45.6 cm³/mol. The summed E-state index contributed by atoms with van der Waals surface area (Å²) in [5.74, 6) is 0. The van der Waals surface area contributed by atoms with Crippen LogP contribution >= 0.6 is 0 Å². The molecular formula is C8H9N3O2. The Hall–Kier alpha value is -1.62. The minimum atomic E-state index is -0.159. The van der Waals surface area contributed by atoms with Gasteiger partial charge in [-0.25, -0.2) is 0 Å². The molecule has 5 nitrogen and oxygen atoms in total. The van der Waals surface area contributed by atoms with Gasteiger partial charge in [0, 0.05) is 16.8 Å². The quantitative estimate of drug-likeness (QED) is 0.646. The Labute approximate surface area is 74.3 Å². The number of rotatable bonds is 1. The molecule has 2 N–H and O–H groups in total. The summed E-state index contributed by atoms with van der Waals surface area (Å²) in [7, 11) is 0. The smallest absolute Gasteiger partial charge is 0.253 e. The Morgan fingerprint density at radius 1 is 1.62 bits per heavy atom. The molecule has 5 heteroatoms. The Balaban J connectivity index is 2.77. The van der Waals surface area contributed by atoms with Gasteiger partial charge in [-0.1, -0.05) is 12.1 Å². The highest BCUT2D eigenvalue weighted by atomic mass is 16.8. The summed E-state index contributed by atoms with van der Waals surface area (Å²) in [5.41, 5.74) is 7.46. The lowest BCUT2D eigenvalue weighted by Gasteiger charge is -2.01. The highest BCUT2D eigenvalue weighted by Gasteiger charge is 2.15. The minimum Gasteiger partial charge on any atom is -0.359 e. The monoisotopic (exact) mass is 179 g/mol. The lowest BCUT2D eigenvalue weighted by atomic mass is 10.1. The molecule has 0 bridgehead atoms. The van der Waals surface area contributed by atoms with E-state index in [1.165, 1.54) is 0 Å². The van der Waals surface area contributed by atoms with Crippen molar-refractivity contribution in [3.05, 3.63) is 29.0 Å². The molecule has 1 aromatic carbocycles. The van der Waals surface area contributed by atoms with Crippen LogP contribution in [0.5, 0.6) is 0 Å². The molecule has 0 aliphatic heterocycles. The first kappa shape index (κ1) is 8.00. The lowest BCUT2D eigenvalue weighted by molar-refractivity contribution is -0.782. The zero-order valence-electron chi connectivity index (χ0n) is 7.10. The minimum absolute atomic E-state index is 0.159. The number of nitrogens with two attached hydrogens (primary N) is 1. The largest absolute Gasteiger partial charge is 0.359 e. The molecule has 1 aromatic heterocycles. The van der Waals surface area contributed by atoms with Crippen molar-refractivity contribution in [2.75, 3.05) is 0 Å². The molecule has 0 spiro atoms. The molecule has 0 fully saturated rings. The van der Waals surface area contributed by atoms with Gasteiger partial charge in [-0.05, 0) is 17.9 Å². The highest BCUT2D eigenvalue weighted by molar-refractivity contribution is 5.74. The molecule has 1 unspecified atom stereocenters. The molecular weight excluding hydrogens is 170 g/mol. The van der Waals surface area contributed by atoms with Crippen LogP contribution in [0.2, 0.25) is 0 Å². The maximum Gasteiger partial charge on any atom is 0.253 e. The van der Waals surface area contributed by atoms with E-state index >= 15 is 0 Å². The van der Waals surface area contributed by atoms with Crippen molar-refractivity contribution in [1.29, 1.82) is 0 Å². The van der Waals surface area contributed by atoms with Gasteiger partial charge < -0.3 is 10.9 Å². The summed E-state index contributed by atoms with van der Waals surface area (Å²) >= 11 is 0. The average Bonchev–Trinajstić information content (AvgIpc) is 2.48. The summed E-state index contributed by atoms with van der Waals surface area (Å²) in [6.45, 7) is 1.83. The van der Waals surface area contributed by atoms with Crippen molar-refractivity contribution in [2.45, 2.75) is 13.0 Å². The lowest BCUT2D eigenvalue weighted by Crippen LogP contribution is -2.22. The van der Waals surface area contributed by atoms with Crippen LogP contribution in [0.25, 0.3) is 11.0 Å². The van der Waals surface area contributed by atoms with Crippen LogP contribution in [0.4, 0.5) is 0 Å². The van der Waals surface area contributed by atoms with E-state index in [0.29, 0.717) is 15.9 Å². The van der Waals surface area contributed by atoms with Crippen LogP contribution in [0.1, 0.15) is 18.5 Å². The molecule has 0 saturated carbocycles. The Morgan fingerprint density at radius 2 is 2.38 bits per heavy atom. The van der Waals surface area contributed by atoms with Crippen molar-refractivity contribution in [3.63, 3.8) is 0 Å². The fraction of sp³-hybridized carbons (Fsp3) is 0.250. The van der Waals surface area contributed by atoms with Gasteiger partial charge in [0.1, 0.15) is 0 Å². The molecule has 1 heterocycles. The van der Waals surface area contributed by atoms with Crippen LogP contribution in [0.3, 0.4) is 0 Å². The Bertz CT molecular complexity index is 436. The van der Waals surface area contributed by atoms with Gasteiger partial charge in [0.25, 0.3) is 5.52 Å². The molecule has 2 rings (SSSR count). The summed E-state index contributed by atoms with van der Waals surface area (Å²) in [4.78, 5) is 0.376. The van der Waals surface area contributed by atoms with Crippen LogP contribution in [-0.2, 0) is 0 Å². The summed E-state index contributed by atoms with van der Waals surface area (Å²) < 4.78 is 4.46. The van der Waals surface area contributed by atoms with Crippen LogP contribution < -0.4 is 10.6 Å². The van der Waals surface area contributed by atoms with Gasteiger partial charge in [0.2, 0.25) is 5.52 Å². The van der Waals surface area contributed by atoms with E-state index < -0.39 is 0 Å². The van der Waals surface area contributed by atoms with Crippen LogP contribution in [0, 0.1) is 5.21 Å². The predicted octanol–water partition coefficient (Wildman–Crippen LogP) is 0.481. The number of benzene rings is 1. The molecule has 0 amide bonds. The van der Waals surface area contributed by atoms with Crippen LogP contribution in [0.15, 0.2) is 22.8 Å². The van der Waals surface area contributed by atoms with Gasteiger partial charge in [-0.3, -0.25) is 4.63 Å². The number of nitrogens with zero attached hydrogens (tertiary/aromatic N) is 2. The van der Waals surface area contributed by atoms with Gasteiger partial charge in [-0.2, -0.15) is 0 Å². The van der Waals surface area contributed by atoms with Gasteiger partial charge in [0.05, 0.1) is 0 Å². The van der Waals surface area contributed by atoms with Crippen molar-refractivity contribution in [3.8, 4) is 0 Å². The third kappa shape index (κ3) is 1.13. The van der Waals surface area contributed by atoms with Crippen molar-refractivity contribution in [1.82, 2.24) is 5.16 Å². The maximum atomic E-state index is 11.0. The SMILES string of the molecule is CC(N)c1cccc2c1no[n+]2[O-]. The molecule has 2 aromatic rings. The van der Waals surface area contributed by atoms with Crippen molar-refractivity contribution >= 4 is 11.0 Å². The zero-order valence-corrected chi connectivity index (χ0v) is 7.10. The van der Waals surface area contributed by atoms with Gasteiger partial charge in [-0.15, -0.1) is 0 Å². The Morgan fingerprint density at radius 3 is 3.08 bits per heavy atom. The van der Waals surface area contributed by atoms with Crippen molar-refractivity contribution < 1.29 is 9.53 Å².